The van der Waals surface area contributed by atoms with Gasteiger partial charge in [-0.2, -0.15) is 0 Å². The Labute approximate surface area is 111 Å². The SMILES string of the molecule is CC(C(=O)O)c1cc(Cl)c2c(c1)C=CC(C)(C)N2. The summed E-state index contributed by atoms with van der Waals surface area (Å²) in [6.07, 6.45) is 4.02. The van der Waals surface area contributed by atoms with Gasteiger partial charge in [-0.1, -0.05) is 23.8 Å². The number of carboxylic acid groups (broad SMARTS) is 1. The molecule has 1 aromatic rings. The molecule has 1 aliphatic rings. The number of hydrogen-bond acceptors (Lipinski definition) is 2. The van der Waals surface area contributed by atoms with Crippen molar-refractivity contribution >= 4 is 29.3 Å². The highest BCUT2D eigenvalue weighted by molar-refractivity contribution is 6.33. The molecule has 2 rings (SSSR count). The van der Waals surface area contributed by atoms with Crippen LogP contribution in [0.2, 0.25) is 5.02 Å². The summed E-state index contributed by atoms with van der Waals surface area (Å²) < 4.78 is 0. The van der Waals surface area contributed by atoms with Gasteiger partial charge in [0, 0.05) is 0 Å². The van der Waals surface area contributed by atoms with Crippen LogP contribution < -0.4 is 5.32 Å². The van der Waals surface area contributed by atoms with Crippen LogP contribution in [0, 0.1) is 0 Å². The van der Waals surface area contributed by atoms with E-state index in [1.54, 1.807) is 13.0 Å². The van der Waals surface area contributed by atoms with Crippen molar-refractivity contribution in [2.24, 2.45) is 0 Å². The number of anilines is 1. The van der Waals surface area contributed by atoms with Gasteiger partial charge in [0.2, 0.25) is 0 Å². The minimum Gasteiger partial charge on any atom is -0.481 e. The molecule has 2 N–H and O–H groups in total. The first-order valence-electron chi connectivity index (χ1n) is 5.84. The summed E-state index contributed by atoms with van der Waals surface area (Å²) in [4.78, 5) is 11.0. The lowest BCUT2D eigenvalue weighted by Gasteiger charge is -2.30. The lowest BCUT2D eigenvalue weighted by molar-refractivity contribution is -0.138. The number of aliphatic carboxylic acids is 1. The highest BCUT2D eigenvalue weighted by Gasteiger charge is 2.23. The molecule has 0 amide bonds. The van der Waals surface area contributed by atoms with Gasteiger partial charge in [-0.3, -0.25) is 4.79 Å². The summed E-state index contributed by atoms with van der Waals surface area (Å²) in [7, 11) is 0. The van der Waals surface area contributed by atoms with Gasteiger partial charge in [0.15, 0.2) is 0 Å². The summed E-state index contributed by atoms with van der Waals surface area (Å²) in [5.74, 6) is -1.41. The lowest BCUT2D eigenvalue weighted by atomic mass is 9.93. The molecule has 1 aromatic carbocycles. The molecule has 0 bridgehead atoms. The maximum atomic E-state index is 11.0. The van der Waals surface area contributed by atoms with Gasteiger partial charge in [0.1, 0.15) is 0 Å². The standard InChI is InChI=1S/C14H16ClNO2/c1-8(13(17)18)10-6-9-4-5-14(2,3)16-12(9)11(15)7-10/h4-8,16H,1-3H3,(H,17,18). The quantitative estimate of drug-likeness (QED) is 0.856. The molecule has 0 saturated heterocycles. The van der Waals surface area contributed by atoms with Crippen LogP contribution in [0.25, 0.3) is 6.08 Å². The molecule has 1 aliphatic heterocycles. The van der Waals surface area contributed by atoms with Crippen LogP contribution in [0.5, 0.6) is 0 Å². The first kappa shape index (κ1) is 13.0. The van der Waals surface area contributed by atoms with Gasteiger partial charge in [-0.05, 0) is 44.0 Å². The van der Waals surface area contributed by atoms with Crippen LogP contribution in [0.1, 0.15) is 37.8 Å². The second-order valence-electron chi connectivity index (χ2n) is 5.21. The lowest BCUT2D eigenvalue weighted by Crippen LogP contribution is -2.30. The number of nitrogens with one attached hydrogen (secondary N) is 1. The van der Waals surface area contributed by atoms with E-state index in [2.05, 4.69) is 19.2 Å². The summed E-state index contributed by atoms with van der Waals surface area (Å²) in [5, 5.41) is 12.9. The van der Waals surface area contributed by atoms with E-state index < -0.39 is 11.9 Å². The smallest absolute Gasteiger partial charge is 0.310 e. The minimum atomic E-state index is -0.848. The summed E-state index contributed by atoms with van der Waals surface area (Å²) in [6.45, 7) is 5.76. The van der Waals surface area contributed by atoms with Crippen molar-refractivity contribution in [2.45, 2.75) is 32.2 Å². The molecule has 3 nitrogen and oxygen atoms in total. The van der Waals surface area contributed by atoms with Crippen LogP contribution in [-0.2, 0) is 4.79 Å². The summed E-state index contributed by atoms with van der Waals surface area (Å²) in [5.41, 5.74) is 2.38. The molecule has 0 radical (unpaired) electrons. The van der Waals surface area contributed by atoms with Gasteiger partial charge >= 0.3 is 5.97 Å². The molecular formula is C14H16ClNO2. The second-order valence-corrected chi connectivity index (χ2v) is 5.61. The molecule has 4 heteroatoms. The maximum absolute atomic E-state index is 11.0. The largest absolute Gasteiger partial charge is 0.481 e. The van der Waals surface area contributed by atoms with E-state index in [-0.39, 0.29) is 5.54 Å². The Kier molecular flexibility index (Phi) is 3.11. The zero-order valence-corrected chi connectivity index (χ0v) is 11.4. The van der Waals surface area contributed by atoms with E-state index in [1.165, 1.54) is 0 Å². The second kappa shape index (κ2) is 4.32. The third kappa shape index (κ3) is 2.36. The van der Waals surface area contributed by atoms with Crippen molar-refractivity contribution < 1.29 is 9.90 Å². The predicted molar refractivity (Wildman–Crippen MR) is 74.2 cm³/mol. The first-order chi connectivity index (χ1) is 8.30. The Morgan fingerprint density at radius 3 is 2.72 bits per heavy atom. The average Bonchev–Trinajstić information content (AvgIpc) is 2.28. The maximum Gasteiger partial charge on any atom is 0.310 e. The Morgan fingerprint density at radius 2 is 2.11 bits per heavy atom. The van der Waals surface area contributed by atoms with E-state index in [1.807, 2.05) is 18.2 Å². The van der Waals surface area contributed by atoms with Crippen molar-refractivity contribution in [1.82, 2.24) is 0 Å². The number of carbonyl (C=O) groups is 1. The highest BCUT2D eigenvalue weighted by Crippen LogP contribution is 2.36. The molecule has 0 spiro atoms. The van der Waals surface area contributed by atoms with Crippen LogP contribution in [0.15, 0.2) is 18.2 Å². The van der Waals surface area contributed by atoms with Gasteiger partial charge in [-0.25, -0.2) is 0 Å². The Bertz CT molecular complexity index is 535. The first-order valence-corrected chi connectivity index (χ1v) is 6.21. The van der Waals surface area contributed by atoms with Crippen LogP contribution >= 0.6 is 11.6 Å². The minimum absolute atomic E-state index is 0.142. The monoisotopic (exact) mass is 265 g/mol. The fraction of sp³-hybridized carbons (Fsp3) is 0.357. The molecule has 0 fully saturated rings. The average molecular weight is 266 g/mol. The van der Waals surface area contributed by atoms with Crippen molar-refractivity contribution in [1.29, 1.82) is 0 Å². The van der Waals surface area contributed by atoms with Crippen molar-refractivity contribution in [2.75, 3.05) is 5.32 Å². The molecule has 18 heavy (non-hydrogen) atoms. The normalized spacial score (nSPS) is 17.8. The van der Waals surface area contributed by atoms with Crippen molar-refractivity contribution in [3.8, 4) is 0 Å². The van der Waals surface area contributed by atoms with Gasteiger partial charge < -0.3 is 10.4 Å². The fourth-order valence-corrected chi connectivity index (χ4v) is 2.25. The number of benzene rings is 1. The van der Waals surface area contributed by atoms with Crippen LogP contribution in [-0.4, -0.2) is 16.6 Å². The van der Waals surface area contributed by atoms with Crippen molar-refractivity contribution in [3.63, 3.8) is 0 Å². The molecular weight excluding hydrogens is 250 g/mol. The van der Waals surface area contributed by atoms with E-state index in [0.717, 1.165) is 16.8 Å². The van der Waals surface area contributed by atoms with Gasteiger partial charge in [0.25, 0.3) is 0 Å². The topological polar surface area (TPSA) is 49.3 Å². The van der Waals surface area contributed by atoms with E-state index in [9.17, 15) is 4.79 Å². The highest BCUT2D eigenvalue weighted by atomic mass is 35.5. The molecule has 0 saturated carbocycles. The van der Waals surface area contributed by atoms with Crippen molar-refractivity contribution in [3.05, 3.63) is 34.4 Å². The molecule has 1 unspecified atom stereocenters. The van der Waals surface area contributed by atoms with E-state index >= 15 is 0 Å². The third-order valence-corrected chi connectivity index (χ3v) is 3.44. The summed E-state index contributed by atoms with van der Waals surface area (Å²) in [6, 6.07) is 3.60. The number of halogens is 1. The molecule has 1 atom stereocenters. The van der Waals surface area contributed by atoms with Gasteiger partial charge in [0.05, 0.1) is 22.2 Å². The molecule has 0 aliphatic carbocycles. The number of carboxylic acids is 1. The van der Waals surface area contributed by atoms with Crippen LogP contribution in [0.3, 0.4) is 0 Å². The Balaban J connectivity index is 2.48. The molecule has 96 valence electrons. The van der Waals surface area contributed by atoms with E-state index in [0.29, 0.717) is 5.02 Å². The Morgan fingerprint density at radius 1 is 1.44 bits per heavy atom. The summed E-state index contributed by atoms with van der Waals surface area (Å²) >= 11 is 6.23. The van der Waals surface area contributed by atoms with Crippen LogP contribution in [0.4, 0.5) is 5.69 Å². The molecule has 1 heterocycles. The number of hydrogen-bond donors (Lipinski definition) is 2. The number of fused-ring (bicyclic) bond motifs is 1. The predicted octanol–water partition coefficient (Wildman–Crippen LogP) is 3.75. The number of rotatable bonds is 2. The van der Waals surface area contributed by atoms with Gasteiger partial charge in [-0.15, -0.1) is 0 Å². The third-order valence-electron chi connectivity index (χ3n) is 3.14. The fourth-order valence-electron chi connectivity index (χ4n) is 1.97. The zero-order chi connectivity index (χ0) is 13.5. The Hall–Kier alpha value is -1.48. The zero-order valence-electron chi connectivity index (χ0n) is 10.6. The molecule has 0 aromatic heterocycles. The van der Waals surface area contributed by atoms with E-state index in [4.69, 9.17) is 16.7 Å².